The highest BCUT2D eigenvalue weighted by molar-refractivity contribution is 8.00. The van der Waals surface area contributed by atoms with E-state index in [9.17, 15) is 4.79 Å². The lowest BCUT2D eigenvalue weighted by Crippen LogP contribution is -1.96. The smallest absolute Gasteiger partial charge is 0.202 e. The lowest BCUT2D eigenvalue weighted by Gasteiger charge is -1.82. The van der Waals surface area contributed by atoms with E-state index in [2.05, 4.69) is 0 Å². The van der Waals surface area contributed by atoms with Gasteiger partial charge in [0, 0.05) is 10.9 Å². The van der Waals surface area contributed by atoms with Crippen LogP contribution < -0.4 is 0 Å². The van der Waals surface area contributed by atoms with Gasteiger partial charge in [-0.2, -0.15) is 0 Å². The van der Waals surface area contributed by atoms with Gasteiger partial charge in [0.05, 0.1) is 0 Å². The first kappa shape index (κ1) is 5.93. The van der Waals surface area contributed by atoms with Gasteiger partial charge in [-0.3, -0.25) is 0 Å². The first-order valence-corrected chi connectivity index (χ1v) is 4.43. The van der Waals surface area contributed by atoms with E-state index in [1.165, 1.54) is 24.3 Å². The van der Waals surface area contributed by atoms with Crippen LogP contribution in [0.5, 0.6) is 0 Å². The molecule has 1 rings (SSSR count). The van der Waals surface area contributed by atoms with E-state index in [1.54, 1.807) is 5.41 Å². The van der Waals surface area contributed by atoms with Crippen LogP contribution >= 0.6 is 0 Å². The van der Waals surface area contributed by atoms with Gasteiger partial charge >= 0.3 is 0 Å². The van der Waals surface area contributed by atoms with Crippen molar-refractivity contribution in [3.63, 3.8) is 0 Å². The maximum atomic E-state index is 9.79. The van der Waals surface area contributed by atoms with E-state index < -0.39 is 0 Å². The fourth-order valence-electron chi connectivity index (χ4n) is 0.863. The molecule has 0 bridgehead atoms. The number of carbonyl (C=O) groups excluding carboxylic acids is 1. The topological polar surface area (TPSA) is 17.1 Å². The largest absolute Gasteiger partial charge is 0.229 e. The molecule has 0 saturated carbocycles. The first-order valence-electron chi connectivity index (χ1n) is 2.81. The van der Waals surface area contributed by atoms with Gasteiger partial charge in [-0.25, -0.2) is 4.79 Å². The second-order valence-corrected chi connectivity index (χ2v) is 4.02. The molecule has 0 aromatic heterocycles. The summed E-state index contributed by atoms with van der Waals surface area (Å²) < 4.78 is 0. The Bertz CT molecular complexity index is 110. The molecule has 0 unspecified atom stereocenters. The monoisotopic (exact) mass is 129 g/mol. The third-order valence-electron chi connectivity index (χ3n) is 1.28. The summed E-state index contributed by atoms with van der Waals surface area (Å²) >= 11 is 0. The molecule has 0 amide bonds. The Morgan fingerprint density at radius 1 is 1.38 bits per heavy atom. The minimum Gasteiger partial charge on any atom is -0.229 e. The van der Waals surface area contributed by atoms with Crippen molar-refractivity contribution in [2.75, 3.05) is 11.5 Å². The fourth-order valence-corrected chi connectivity index (χ4v) is 2.59. The first-order chi connectivity index (χ1) is 3.93. The van der Waals surface area contributed by atoms with Crippen LogP contribution in [0.3, 0.4) is 0 Å². The molecular formula is C6H9OS+. The number of rotatable bonds is 1. The van der Waals surface area contributed by atoms with Crippen LogP contribution in [0.2, 0.25) is 0 Å². The lowest BCUT2D eigenvalue weighted by atomic mass is 10.4. The summed E-state index contributed by atoms with van der Waals surface area (Å²) in [6, 6.07) is 0. The Morgan fingerprint density at radius 2 is 2.00 bits per heavy atom. The SMILES string of the molecule is O=C=C[S+]1CCCC1. The molecule has 1 aliphatic rings. The molecule has 0 aliphatic carbocycles. The molecule has 1 aliphatic heterocycles. The molecule has 8 heavy (non-hydrogen) atoms. The molecule has 1 saturated heterocycles. The highest BCUT2D eigenvalue weighted by atomic mass is 32.2. The zero-order valence-corrected chi connectivity index (χ0v) is 5.54. The summed E-state index contributed by atoms with van der Waals surface area (Å²) in [6.45, 7) is 0. The Morgan fingerprint density at radius 3 is 2.50 bits per heavy atom. The highest BCUT2D eigenvalue weighted by Crippen LogP contribution is 2.12. The summed E-state index contributed by atoms with van der Waals surface area (Å²) in [7, 11) is 0.324. The number of hydrogen-bond donors (Lipinski definition) is 0. The van der Waals surface area contributed by atoms with E-state index in [1.807, 2.05) is 5.94 Å². The van der Waals surface area contributed by atoms with Crippen molar-refractivity contribution < 1.29 is 4.79 Å². The standard InChI is InChI=1S/C6H9OS/c7-3-6-8-4-1-2-5-8/h6H,1-2,4-5H2/q+1. The molecule has 1 nitrogen and oxygen atoms in total. The van der Waals surface area contributed by atoms with Crippen molar-refractivity contribution in [3.05, 3.63) is 5.41 Å². The van der Waals surface area contributed by atoms with Gasteiger partial charge in [-0.05, 0) is 12.8 Å². The van der Waals surface area contributed by atoms with Crippen LogP contribution in [0.1, 0.15) is 12.8 Å². The molecule has 2 heteroatoms. The van der Waals surface area contributed by atoms with Gasteiger partial charge in [0.1, 0.15) is 11.5 Å². The van der Waals surface area contributed by atoms with Crippen molar-refractivity contribution in [2.45, 2.75) is 12.8 Å². The maximum absolute atomic E-state index is 9.79. The van der Waals surface area contributed by atoms with Crippen LogP contribution in [0.15, 0.2) is 5.41 Å². The molecule has 1 heterocycles. The molecule has 0 aromatic carbocycles. The second-order valence-electron chi connectivity index (χ2n) is 1.89. The highest BCUT2D eigenvalue weighted by Gasteiger charge is 2.20. The van der Waals surface area contributed by atoms with Crippen molar-refractivity contribution in [2.24, 2.45) is 0 Å². The van der Waals surface area contributed by atoms with E-state index in [4.69, 9.17) is 0 Å². The predicted octanol–water partition coefficient (Wildman–Crippen LogP) is 0.744. The maximum Gasteiger partial charge on any atom is 0.202 e. The molecule has 0 radical (unpaired) electrons. The van der Waals surface area contributed by atoms with Crippen LogP contribution in [0, 0.1) is 0 Å². The minimum atomic E-state index is 0.324. The van der Waals surface area contributed by atoms with Crippen molar-refractivity contribution >= 4 is 16.8 Å². The minimum absolute atomic E-state index is 0.324. The third-order valence-corrected chi connectivity index (χ3v) is 3.33. The molecule has 0 atom stereocenters. The molecular weight excluding hydrogens is 120 g/mol. The fraction of sp³-hybridized carbons (Fsp3) is 0.667. The van der Waals surface area contributed by atoms with Crippen molar-refractivity contribution in [1.29, 1.82) is 0 Å². The summed E-state index contributed by atoms with van der Waals surface area (Å²) in [5, 5.41) is 1.69. The Labute approximate surface area is 52.1 Å². The average Bonchev–Trinajstić information content (AvgIpc) is 2.19. The van der Waals surface area contributed by atoms with Gasteiger partial charge in [0.25, 0.3) is 0 Å². The molecule has 1 fully saturated rings. The van der Waals surface area contributed by atoms with Crippen LogP contribution in [0.4, 0.5) is 0 Å². The molecule has 0 N–H and O–H groups in total. The molecule has 0 spiro atoms. The van der Waals surface area contributed by atoms with Crippen LogP contribution in [-0.2, 0) is 15.7 Å². The van der Waals surface area contributed by atoms with Gasteiger partial charge in [0.2, 0.25) is 5.41 Å². The summed E-state index contributed by atoms with van der Waals surface area (Å²) in [6.07, 6.45) is 2.61. The van der Waals surface area contributed by atoms with Crippen molar-refractivity contribution in [3.8, 4) is 0 Å². The van der Waals surface area contributed by atoms with Crippen molar-refractivity contribution in [1.82, 2.24) is 0 Å². The average molecular weight is 129 g/mol. The summed E-state index contributed by atoms with van der Waals surface area (Å²) in [4.78, 5) is 9.79. The molecule has 0 aromatic rings. The van der Waals surface area contributed by atoms with E-state index in [-0.39, 0.29) is 0 Å². The van der Waals surface area contributed by atoms with Gasteiger partial charge in [-0.1, -0.05) is 0 Å². The van der Waals surface area contributed by atoms with Crippen LogP contribution in [0.25, 0.3) is 0 Å². The zero-order valence-electron chi connectivity index (χ0n) is 4.72. The quantitative estimate of drug-likeness (QED) is 0.377. The van der Waals surface area contributed by atoms with Crippen LogP contribution in [-0.4, -0.2) is 17.4 Å². The Balaban J connectivity index is 2.35. The Kier molecular flexibility index (Phi) is 2.19. The third kappa shape index (κ3) is 1.39. The van der Waals surface area contributed by atoms with Gasteiger partial charge in [0.15, 0.2) is 5.94 Å². The zero-order chi connectivity index (χ0) is 5.82. The van der Waals surface area contributed by atoms with Gasteiger partial charge < -0.3 is 0 Å². The second kappa shape index (κ2) is 2.95. The summed E-state index contributed by atoms with van der Waals surface area (Å²) in [5.41, 5.74) is 0. The van der Waals surface area contributed by atoms with Gasteiger partial charge in [-0.15, -0.1) is 0 Å². The predicted molar refractivity (Wildman–Crippen MR) is 36.6 cm³/mol. The Hall–Kier alpha value is -0.200. The summed E-state index contributed by atoms with van der Waals surface area (Å²) in [5.74, 6) is 4.31. The van der Waals surface area contributed by atoms with E-state index >= 15 is 0 Å². The number of hydrogen-bond acceptors (Lipinski definition) is 1. The lowest BCUT2D eigenvalue weighted by molar-refractivity contribution is 0.569. The molecule has 44 valence electrons. The van der Waals surface area contributed by atoms with E-state index in [0.717, 1.165) is 0 Å². The van der Waals surface area contributed by atoms with E-state index in [0.29, 0.717) is 10.9 Å². The normalized spacial score (nSPS) is 20.5.